The molecular formula is C15H18N4S2. The van der Waals surface area contributed by atoms with Gasteiger partial charge in [0, 0.05) is 13.1 Å². The number of hydrogen-bond donors (Lipinski definition) is 0. The van der Waals surface area contributed by atoms with Crippen molar-refractivity contribution in [2.75, 3.05) is 13.1 Å². The smallest absolute Gasteiger partial charge is 0.216 e. The molecular weight excluding hydrogens is 300 g/mol. The summed E-state index contributed by atoms with van der Waals surface area (Å²) in [7, 11) is 0. The number of nitrogens with zero attached hydrogens (tertiary/aromatic N) is 4. The first-order valence-corrected chi connectivity index (χ1v) is 8.64. The quantitative estimate of drug-likeness (QED) is 0.673. The van der Waals surface area contributed by atoms with Gasteiger partial charge in [-0.15, -0.1) is 5.10 Å². The van der Waals surface area contributed by atoms with Crippen molar-refractivity contribution in [1.82, 2.24) is 19.1 Å². The minimum absolute atomic E-state index is 0.807. The Balaban J connectivity index is 1.70. The summed E-state index contributed by atoms with van der Waals surface area (Å²) in [6.45, 7) is 5.44. The van der Waals surface area contributed by atoms with Crippen molar-refractivity contribution < 1.29 is 0 Å². The Bertz CT molecular complexity index is 836. The van der Waals surface area contributed by atoms with Crippen LogP contribution in [0.2, 0.25) is 0 Å². The molecule has 1 aliphatic rings. The number of benzene rings is 1. The third kappa shape index (κ3) is 2.31. The van der Waals surface area contributed by atoms with Crippen LogP contribution in [-0.2, 0) is 6.67 Å². The zero-order valence-electron chi connectivity index (χ0n) is 12.0. The van der Waals surface area contributed by atoms with Crippen LogP contribution in [0, 0.1) is 10.7 Å². The molecule has 2 aromatic heterocycles. The molecule has 110 valence electrons. The maximum atomic E-state index is 5.64. The highest BCUT2D eigenvalue weighted by Crippen LogP contribution is 2.26. The third-order valence-electron chi connectivity index (χ3n) is 4.33. The van der Waals surface area contributed by atoms with Gasteiger partial charge in [0.2, 0.25) is 9.73 Å². The van der Waals surface area contributed by atoms with Gasteiger partial charge in [-0.05, 0) is 43.1 Å². The second kappa shape index (κ2) is 5.19. The van der Waals surface area contributed by atoms with E-state index in [0.29, 0.717) is 0 Å². The molecule has 0 spiro atoms. The topological polar surface area (TPSA) is 25.5 Å². The number of aromatic nitrogens is 3. The van der Waals surface area contributed by atoms with E-state index in [4.69, 9.17) is 17.3 Å². The van der Waals surface area contributed by atoms with E-state index in [2.05, 4.69) is 40.5 Å². The summed E-state index contributed by atoms with van der Waals surface area (Å²) in [4.78, 5) is 3.45. The SMILES string of the molecule is CC1CCN(Cn2nc3sc4ccccc4n3c2=S)CC1. The van der Waals surface area contributed by atoms with E-state index in [0.717, 1.165) is 35.4 Å². The molecule has 1 aromatic carbocycles. The number of fused-ring (bicyclic) bond motifs is 3. The summed E-state index contributed by atoms with van der Waals surface area (Å²) >= 11 is 7.35. The van der Waals surface area contributed by atoms with Crippen molar-refractivity contribution in [3.63, 3.8) is 0 Å². The number of thiazole rings is 1. The van der Waals surface area contributed by atoms with Gasteiger partial charge in [0.05, 0.1) is 16.9 Å². The number of rotatable bonds is 2. The maximum Gasteiger partial charge on any atom is 0.216 e. The molecule has 0 bridgehead atoms. The Hall–Kier alpha value is -1.24. The standard InChI is InChI=1S/C15H18N4S2/c1-11-6-8-17(9-7-11)10-18-15(20)19-12-4-2-3-5-13(12)21-14(19)16-18/h2-5,11H,6-10H2,1H3. The first-order chi connectivity index (χ1) is 10.2. The van der Waals surface area contributed by atoms with Crippen LogP contribution in [0.5, 0.6) is 0 Å². The van der Waals surface area contributed by atoms with Gasteiger partial charge in [0.25, 0.3) is 0 Å². The van der Waals surface area contributed by atoms with Crippen LogP contribution in [0.1, 0.15) is 19.8 Å². The molecule has 1 fully saturated rings. The van der Waals surface area contributed by atoms with Gasteiger partial charge in [-0.3, -0.25) is 9.30 Å². The fourth-order valence-electron chi connectivity index (χ4n) is 2.97. The minimum atomic E-state index is 0.807. The zero-order chi connectivity index (χ0) is 14.4. The molecule has 4 rings (SSSR count). The summed E-state index contributed by atoms with van der Waals surface area (Å²) in [5, 5.41) is 4.71. The normalized spacial score (nSPS) is 18.0. The van der Waals surface area contributed by atoms with Crippen LogP contribution in [0.3, 0.4) is 0 Å². The molecule has 0 atom stereocenters. The zero-order valence-corrected chi connectivity index (χ0v) is 13.7. The third-order valence-corrected chi connectivity index (χ3v) is 5.73. The molecule has 6 heteroatoms. The fourth-order valence-corrected chi connectivity index (χ4v) is 4.34. The monoisotopic (exact) mass is 318 g/mol. The van der Waals surface area contributed by atoms with E-state index in [-0.39, 0.29) is 0 Å². The number of piperidine rings is 1. The van der Waals surface area contributed by atoms with Crippen molar-refractivity contribution >= 4 is 38.7 Å². The Morgan fingerprint density at radius 2 is 2.05 bits per heavy atom. The van der Waals surface area contributed by atoms with E-state index in [9.17, 15) is 0 Å². The average Bonchev–Trinajstić information content (AvgIpc) is 2.99. The average molecular weight is 318 g/mol. The van der Waals surface area contributed by atoms with Gasteiger partial charge in [0.15, 0.2) is 0 Å². The van der Waals surface area contributed by atoms with Crippen LogP contribution in [0.15, 0.2) is 24.3 Å². The molecule has 0 N–H and O–H groups in total. The van der Waals surface area contributed by atoms with Crippen molar-refractivity contribution in [3.8, 4) is 0 Å². The van der Waals surface area contributed by atoms with Crippen molar-refractivity contribution in [2.45, 2.75) is 26.4 Å². The van der Waals surface area contributed by atoms with E-state index in [1.54, 1.807) is 11.3 Å². The van der Waals surface area contributed by atoms with Gasteiger partial charge in [-0.2, -0.15) is 0 Å². The lowest BCUT2D eigenvalue weighted by Gasteiger charge is -2.29. The molecule has 4 nitrogen and oxygen atoms in total. The summed E-state index contributed by atoms with van der Waals surface area (Å²) in [5.41, 5.74) is 1.17. The van der Waals surface area contributed by atoms with Crippen molar-refractivity contribution in [3.05, 3.63) is 29.0 Å². The first kappa shape index (κ1) is 13.4. The highest BCUT2D eigenvalue weighted by atomic mass is 32.1. The molecule has 1 saturated heterocycles. The lowest BCUT2D eigenvalue weighted by atomic mass is 10.00. The van der Waals surface area contributed by atoms with E-state index in [1.165, 1.54) is 23.1 Å². The summed E-state index contributed by atoms with van der Waals surface area (Å²) in [5.74, 6) is 0.851. The Labute approximate surface area is 132 Å². The summed E-state index contributed by atoms with van der Waals surface area (Å²) in [6.07, 6.45) is 2.55. The van der Waals surface area contributed by atoms with Gasteiger partial charge in [0.1, 0.15) is 0 Å². The number of likely N-dealkylation sites (tertiary alicyclic amines) is 1. The number of hydrogen-bond acceptors (Lipinski definition) is 4. The van der Waals surface area contributed by atoms with E-state index >= 15 is 0 Å². The Morgan fingerprint density at radius 1 is 1.29 bits per heavy atom. The minimum Gasteiger partial charge on any atom is -0.284 e. The van der Waals surface area contributed by atoms with Crippen LogP contribution >= 0.6 is 23.6 Å². The molecule has 3 heterocycles. The molecule has 0 amide bonds. The molecule has 21 heavy (non-hydrogen) atoms. The molecule has 0 unspecified atom stereocenters. The van der Waals surface area contributed by atoms with Crippen LogP contribution in [0.25, 0.3) is 15.2 Å². The van der Waals surface area contributed by atoms with Gasteiger partial charge in [-0.25, -0.2) is 4.68 Å². The molecule has 3 aromatic rings. The lowest BCUT2D eigenvalue weighted by Crippen LogP contribution is -2.34. The molecule has 0 saturated carbocycles. The summed E-state index contributed by atoms with van der Waals surface area (Å²) in [6, 6.07) is 8.35. The van der Waals surface area contributed by atoms with E-state index in [1.807, 2.05) is 4.68 Å². The van der Waals surface area contributed by atoms with E-state index < -0.39 is 0 Å². The Kier molecular flexibility index (Phi) is 3.32. The summed E-state index contributed by atoms with van der Waals surface area (Å²) < 4.78 is 6.12. The molecule has 0 radical (unpaired) electrons. The number of para-hydroxylation sites is 1. The van der Waals surface area contributed by atoms with Crippen LogP contribution < -0.4 is 0 Å². The maximum absolute atomic E-state index is 5.64. The highest BCUT2D eigenvalue weighted by molar-refractivity contribution is 7.71. The first-order valence-electron chi connectivity index (χ1n) is 7.42. The Morgan fingerprint density at radius 3 is 2.86 bits per heavy atom. The second-order valence-electron chi connectivity index (χ2n) is 5.91. The lowest BCUT2D eigenvalue weighted by molar-refractivity contribution is 0.146. The predicted molar refractivity (Wildman–Crippen MR) is 89.4 cm³/mol. The second-order valence-corrected chi connectivity index (χ2v) is 7.29. The molecule has 1 aliphatic heterocycles. The van der Waals surface area contributed by atoms with Crippen LogP contribution in [0.4, 0.5) is 0 Å². The molecule has 0 aliphatic carbocycles. The largest absolute Gasteiger partial charge is 0.284 e. The van der Waals surface area contributed by atoms with Crippen molar-refractivity contribution in [1.29, 1.82) is 0 Å². The predicted octanol–water partition coefficient (Wildman–Crippen LogP) is 3.77. The van der Waals surface area contributed by atoms with Gasteiger partial charge < -0.3 is 0 Å². The van der Waals surface area contributed by atoms with Gasteiger partial charge in [-0.1, -0.05) is 30.4 Å². The van der Waals surface area contributed by atoms with Crippen LogP contribution in [-0.4, -0.2) is 32.2 Å². The van der Waals surface area contributed by atoms with Gasteiger partial charge >= 0.3 is 0 Å². The highest BCUT2D eigenvalue weighted by Gasteiger charge is 2.18. The van der Waals surface area contributed by atoms with Crippen molar-refractivity contribution in [2.24, 2.45) is 5.92 Å². The fraction of sp³-hybridized carbons (Fsp3) is 0.467.